The molecule has 0 saturated heterocycles. The van der Waals surface area contributed by atoms with Gasteiger partial charge in [0, 0.05) is 12.7 Å². The van der Waals surface area contributed by atoms with Gasteiger partial charge in [0.1, 0.15) is 16.8 Å². The van der Waals surface area contributed by atoms with Crippen LogP contribution < -0.4 is 10.1 Å². The standard InChI is InChI=1S/C15H16N4O/c1-10-14-15(19-18-10)13(7-8-16-14)17-9-11-3-5-12(20-2)6-4-11/h3-8H,9H2,1-2H3,(H,16,17)(H,18,19). The number of H-pyrrole nitrogens is 1. The van der Waals surface area contributed by atoms with E-state index in [0.717, 1.165) is 34.7 Å². The van der Waals surface area contributed by atoms with Crippen molar-refractivity contribution in [2.24, 2.45) is 0 Å². The molecule has 0 aliphatic rings. The highest BCUT2D eigenvalue weighted by molar-refractivity contribution is 5.88. The van der Waals surface area contributed by atoms with Crippen molar-refractivity contribution in [1.29, 1.82) is 0 Å². The summed E-state index contributed by atoms with van der Waals surface area (Å²) in [6, 6.07) is 9.93. The smallest absolute Gasteiger partial charge is 0.134 e. The van der Waals surface area contributed by atoms with Gasteiger partial charge in [-0.1, -0.05) is 12.1 Å². The largest absolute Gasteiger partial charge is 0.497 e. The number of ether oxygens (including phenoxy) is 1. The molecule has 0 unspecified atom stereocenters. The first-order valence-corrected chi connectivity index (χ1v) is 6.44. The highest BCUT2D eigenvalue weighted by Crippen LogP contribution is 2.22. The van der Waals surface area contributed by atoms with Gasteiger partial charge >= 0.3 is 0 Å². The summed E-state index contributed by atoms with van der Waals surface area (Å²) in [7, 11) is 1.67. The van der Waals surface area contributed by atoms with Gasteiger partial charge < -0.3 is 10.1 Å². The number of methoxy groups -OCH3 is 1. The number of nitrogens with one attached hydrogen (secondary N) is 2. The van der Waals surface area contributed by atoms with Crippen molar-refractivity contribution in [2.75, 3.05) is 12.4 Å². The SMILES string of the molecule is COc1ccc(CNc2ccnc3c(C)[nH]nc23)cc1. The Kier molecular flexibility index (Phi) is 3.25. The first-order valence-electron chi connectivity index (χ1n) is 6.44. The molecular formula is C15H16N4O. The molecule has 5 heteroatoms. The van der Waals surface area contributed by atoms with E-state index in [2.05, 4.69) is 20.5 Å². The molecule has 5 nitrogen and oxygen atoms in total. The lowest BCUT2D eigenvalue weighted by atomic mass is 10.2. The predicted molar refractivity (Wildman–Crippen MR) is 78.9 cm³/mol. The van der Waals surface area contributed by atoms with Crippen LogP contribution in [-0.4, -0.2) is 22.3 Å². The number of hydrogen-bond donors (Lipinski definition) is 2. The quantitative estimate of drug-likeness (QED) is 0.763. The van der Waals surface area contributed by atoms with Crippen LogP contribution in [0.5, 0.6) is 5.75 Å². The number of rotatable bonds is 4. The Balaban J connectivity index is 1.79. The summed E-state index contributed by atoms with van der Waals surface area (Å²) in [4.78, 5) is 4.33. The second-order valence-electron chi connectivity index (χ2n) is 4.61. The molecule has 0 aliphatic carbocycles. The number of anilines is 1. The normalized spacial score (nSPS) is 10.7. The first-order chi connectivity index (χ1) is 9.78. The van der Waals surface area contributed by atoms with E-state index in [-0.39, 0.29) is 0 Å². The number of aryl methyl sites for hydroxylation is 1. The molecule has 0 fully saturated rings. The van der Waals surface area contributed by atoms with E-state index in [1.807, 2.05) is 37.3 Å². The third kappa shape index (κ3) is 2.30. The van der Waals surface area contributed by atoms with Crippen LogP contribution in [0.1, 0.15) is 11.3 Å². The summed E-state index contributed by atoms with van der Waals surface area (Å²) >= 11 is 0. The van der Waals surface area contributed by atoms with Crippen LogP contribution in [0.2, 0.25) is 0 Å². The molecule has 2 aromatic heterocycles. The van der Waals surface area contributed by atoms with Gasteiger partial charge in [-0.05, 0) is 30.7 Å². The van der Waals surface area contributed by atoms with Crippen LogP contribution in [0.3, 0.4) is 0 Å². The van der Waals surface area contributed by atoms with Gasteiger partial charge in [0.25, 0.3) is 0 Å². The van der Waals surface area contributed by atoms with E-state index >= 15 is 0 Å². The lowest BCUT2D eigenvalue weighted by molar-refractivity contribution is 0.414. The van der Waals surface area contributed by atoms with Gasteiger partial charge in [0.05, 0.1) is 18.5 Å². The molecule has 3 aromatic rings. The topological polar surface area (TPSA) is 62.8 Å². The zero-order valence-electron chi connectivity index (χ0n) is 11.5. The van der Waals surface area contributed by atoms with Crippen molar-refractivity contribution in [2.45, 2.75) is 13.5 Å². The Hall–Kier alpha value is -2.56. The summed E-state index contributed by atoms with van der Waals surface area (Å²) in [5.41, 5.74) is 4.93. The van der Waals surface area contributed by atoms with E-state index in [1.165, 1.54) is 5.56 Å². The molecular weight excluding hydrogens is 252 g/mol. The van der Waals surface area contributed by atoms with Gasteiger partial charge in [-0.2, -0.15) is 5.10 Å². The first kappa shape index (κ1) is 12.5. The van der Waals surface area contributed by atoms with Crippen molar-refractivity contribution < 1.29 is 4.74 Å². The fraction of sp³-hybridized carbons (Fsp3) is 0.200. The van der Waals surface area contributed by atoms with E-state index in [0.29, 0.717) is 0 Å². The molecule has 0 spiro atoms. The molecule has 0 amide bonds. The maximum atomic E-state index is 5.15. The Morgan fingerprint density at radius 1 is 1.15 bits per heavy atom. The van der Waals surface area contributed by atoms with E-state index in [9.17, 15) is 0 Å². The van der Waals surface area contributed by atoms with Gasteiger partial charge in [0.2, 0.25) is 0 Å². The number of aromatic amines is 1. The highest BCUT2D eigenvalue weighted by Gasteiger charge is 2.07. The molecule has 3 rings (SSSR count). The van der Waals surface area contributed by atoms with Crippen molar-refractivity contribution in [3.05, 3.63) is 47.8 Å². The molecule has 2 heterocycles. The Labute approximate surface area is 117 Å². The van der Waals surface area contributed by atoms with Gasteiger partial charge in [0.15, 0.2) is 0 Å². The summed E-state index contributed by atoms with van der Waals surface area (Å²) in [5, 5.41) is 10.6. The summed E-state index contributed by atoms with van der Waals surface area (Å²) in [6.45, 7) is 2.70. The number of hydrogen-bond acceptors (Lipinski definition) is 4. The van der Waals surface area contributed by atoms with Gasteiger partial charge in [-0.3, -0.25) is 10.1 Å². The molecule has 0 radical (unpaired) electrons. The second-order valence-corrected chi connectivity index (χ2v) is 4.61. The number of benzene rings is 1. The maximum absolute atomic E-state index is 5.15. The molecule has 1 aromatic carbocycles. The summed E-state index contributed by atoms with van der Waals surface area (Å²) in [6.07, 6.45) is 1.79. The summed E-state index contributed by atoms with van der Waals surface area (Å²) in [5.74, 6) is 0.864. The Morgan fingerprint density at radius 2 is 1.95 bits per heavy atom. The second kappa shape index (κ2) is 5.21. The maximum Gasteiger partial charge on any atom is 0.134 e. The van der Waals surface area contributed by atoms with Gasteiger partial charge in [-0.15, -0.1) is 0 Å². The lowest BCUT2D eigenvalue weighted by Crippen LogP contribution is -2.00. The van der Waals surface area contributed by atoms with E-state index in [4.69, 9.17) is 4.74 Å². The van der Waals surface area contributed by atoms with Gasteiger partial charge in [-0.25, -0.2) is 0 Å². The van der Waals surface area contributed by atoms with Crippen LogP contribution in [0.25, 0.3) is 11.0 Å². The van der Waals surface area contributed by atoms with Crippen LogP contribution in [0.4, 0.5) is 5.69 Å². The number of fused-ring (bicyclic) bond motifs is 1. The summed E-state index contributed by atoms with van der Waals surface area (Å²) < 4.78 is 5.15. The Bertz CT molecular complexity index is 718. The molecule has 0 aliphatic heterocycles. The molecule has 0 saturated carbocycles. The van der Waals surface area contributed by atoms with Crippen LogP contribution >= 0.6 is 0 Å². The molecule has 0 bridgehead atoms. The van der Waals surface area contributed by atoms with Crippen LogP contribution in [-0.2, 0) is 6.54 Å². The molecule has 20 heavy (non-hydrogen) atoms. The number of nitrogens with zero attached hydrogens (tertiary/aromatic N) is 2. The van der Waals surface area contributed by atoms with Crippen molar-refractivity contribution in [3.63, 3.8) is 0 Å². The van der Waals surface area contributed by atoms with E-state index < -0.39 is 0 Å². The minimum Gasteiger partial charge on any atom is -0.497 e. The van der Waals surface area contributed by atoms with Crippen LogP contribution in [0.15, 0.2) is 36.5 Å². The Morgan fingerprint density at radius 3 is 2.70 bits per heavy atom. The average Bonchev–Trinajstić information content (AvgIpc) is 2.88. The van der Waals surface area contributed by atoms with E-state index in [1.54, 1.807) is 13.3 Å². The third-order valence-electron chi connectivity index (χ3n) is 3.26. The minimum absolute atomic E-state index is 0.731. The van der Waals surface area contributed by atoms with Crippen LogP contribution in [0, 0.1) is 6.92 Å². The molecule has 0 atom stereocenters. The predicted octanol–water partition coefficient (Wildman–Crippen LogP) is 2.89. The lowest BCUT2D eigenvalue weighted by Gasteiger charge is -2.07. The fourth-order valence-corrected chi connectivity index (χ4v) is 2.12. The third-order valence-corrected chi connectivity index (χ3v) is 3.26. The zero-order chi connectivity index (χ0) is 13.9. The van der Waals surface area contributed by atoms with Crippen molar-refractivity contribution >= 4 is 16.7 Å². The number of aromatic nitrogens is 3. The minimum atomic E-state index is 0.731. The molecule has 2 N–H and O–H groups in total. The van der Waals surface area contributed by atoms with Crippen molar-refractivity contribution in [1.82, 2.24) is 15.2 Å². The average molecular weight is 268 g/mol. The van der Waals surface area contributed by atoms with Crippen molar-refractivity contribution in [3.8, 4) is 5.75 Å². The highest BCUT2D eigenvalue weighted by atomic mass is 16.5. The monoisotopic (exact) mass is 268 g/mol. The number of pyridine rings is 1. The molecule has 102 valence electrons. The fourth-order valence-electron chi connectivity index (χ4n) is 2.12. The zero-order valence-corrected chi connectivity index (χ0v) is 11.5.